The summed E-state index contributed by atoms with van der Waals surface area (Å²) in [6.07, 6.45) is -1.09. The molecule has 0 bridgehead atoms. The molecule has 1 aromatic rings. The van der Waals surface area contributed by atoms with Crippen molar-refractivity contribution in [3.05, 3.63) is 29.8 Å². The predicted molar refractivity (Wildman–Crippen MR) is 72.7 cm³/mol. The molecule has 1 N–H and O–H groups in total. The molecule has 0 saturated carbocycles. The average Bonchev–Trinajstić information content (AvgIpc) is 2.58. The first-order valence-electron chi connectivity index (χ1n) is 6.30. The van der Waals surface area contributed by atoms with E-state index in [1.165, 1.54) is 0 Å². The smallest absolute Gasteiger partial charge is 0.399 e. The quantitative estimate of drug-likeness (QED) is 0.646. The zero-order chi connectivity index (χ0) is 14.3. The molecule has 0 aliphatic carbocycles. The molecule has 1 aliphatic rings. The Balaban J connectivity index is 2.19. The zero-order valence-electron chi connectivity index (χ0n) is 11.7. The molecule has 4 nitrogen and oxygen atoms in total. The van der Waals surface area contributed by atoms with E-state index < -0.39 is 13.2 Å². The van der Waals surface area contributed by atoms with E-state index in [-0.39, 0.29) is 11.2 Å². The van der Waals surface area contributed by atoms with Crippen LogP contribution in [-0.2, 0) is 9.31 Å². The van der Waals surface area contributed by atoms with E-state index in [0.717, 1.165) is 5.46 Å². The Bertz CT molecular complexity index is 488. The molecule has 19 heavy (non-hydrogen) atoms. The second-order valence-electron chi connectivity index (χ2n) is 5.79. The molecule has 2 rings (SSSR count). The Morgan fingerprint density at radius 3 is 2.00 bits per heavy atom. The van der Waals surface area contributed by atoms with Crippen LogP contribution in [0.2, 0.25) is 0 Å². The maximum Gasteiger partial charge on any atom is 0.494 e. The minimum atomic E-state index is -1.09. The van der Waals surface area contributed by atoms with Crippen molar-refractivity contribution in [1.29, 1.82) is 5.26 Å². The van der Waals surface area contributed by atoms with Crippen molar-refractivity contribution in [3.8, 4) is 6.07 Å². The molecule has 1 unspecified atom stereocenters. The van der Waals surface area contributed by atoms with Crippen LogP contribution in [0, 0.1) is 11.3 Å². The fraction of sp³-hybridized carbons (Fsp3) is 0.500. The third kappa shape index (κ3) is 2.52. The maximum absolute atomic E-state index is 9.43. The topological polar surface area (TPSA) is 62.5 Å². The highest BCUT2D eigenvalue weighted by Gasteiger charge is 2.51. The van der Waals surface area contributed by atoms with E-state index in [2.05, 4.69) is 0 Å². The molecule has 1 aliphatic heterocycles. The second-order valence-corrected chi connectivity index (χ2v) is 5.79. The fourth-order valence-corrected chi connectivity index (χ4v) is 1.89. The number of hydrogen-bond acceptors (Lipinski definition) is 4. The summed E-state index contributed by atoms with van der Waals surface area (Å²) in [5.74, 6) is 0. The third-order valence-corrected chi connectivity index (χ3v) is 3.90. The van der Waals surface area contributed by atoms with Crippen LogP contribution in [0.25, 0.3) is 0 Å². The van der Waals surface area contributed by atoms with Gasteiger partial charge in [-0.25, -0.2) is 0 Å². The molecule has 1 aromatic carbocycles. The van der Waals surface area contributed by atoms with Crippen LogP contribution in [0.5, 0.6) is 0 Å². The minimum Gasteiger partial charge on any atom is -0.399 e. The number of benzene rings is 1. The van der Waals surface area contributed by atoms with Crippen molar-refractivity contribution >= 4 is 12.6 Å². The van der Waals surface area contributed by atoms with Crippen LogP contribution in [0.4, 0.5) is 0 Å². The van der Waals surface area contributed by atoms with Gasteiger partial charge in [0.2, 0.25) is 0 Å². The molecule has 1 saturated heterocycles. The van der Waals surface area contributed by atoms with Gasteiger partial charge in [0.05, 0.1) is 17.3 Å². The van der Waals surface area contributed by atoms with Crippen molar-refractivity contribution in [1.82, 2.24) is 0 Å². The fourth-order valence-electron chi connectivity index (χ4n) is 1.89. The van der Waals surface area contributed by atoms with Gasteiger partial charge in [-0.1, -0.05) is 24.3 Å². The van der Waals surface area contributed by atoms with Crippen molar-refractivity contribution in [2.24, 2.45) is 0 Å². The van der Waals surface area contributed by atoms with Gasteiger partial charge >= 0.3 is 7.12 Å². The number of aliphatic hydroxyl groups is 1. The minimum absolute atomic E-state index is 0.373. The van der Waals surface area contributed by atoms with Crippen LogP contribution < -0.4 is 5.46 Å². The summed E-state index contributed by atoms with van der Waals surface area (Å²) < 4.78 is 11.9. The van der Waals surface area contributed by atoms with Crippen molar-refractivity contribution in [2.75, 3.05) is 0 Å². The SMILES string of the molecule is CC1(C)OB(c2ccc(C(O)C#N)cc2)OC1(C)C. The first-order valence-corrected chi connectivity index (χ1v) is 6.30. The molecule has 0 aromatic heterocycles. The molecule has 0 radical (unpaired) electrons. The van der Waals surface area contributed by atoms with Crippen molar-refractivity contribution < 1.29 is 14.4 Å². The zero-order valence-corrected chi connectivity index (χ0v) is 11.7. The Labute approximate surface area is 114 Å². The van der Waals surface area contributed by atoms with Gasteiger partial charge in [-0.15, -0.1) is 0 Å². The monoisotopic (exact) mass is 259 g/mol. The van der Waals surface area contributed by atoms with E-state index in [4.69, 9.17) is 14.6 Å². The Morgan fingerprint density at radius 1 is 1.11 bits per heavy atom. The standard InChI is InChI=1S/C14H18BNO3/c1-13(2)14(3,4)19-15(18-13)11-7-5-10(6-8-11)12(17)9-16/h5-8,12,17H,1-4H3. The predicted octanol–water partition coefficient (Wildman–Crippen LogP) is 1.54. The van der Waals surface area contributed by atoms with Crippen molar-refractivity contribution in [3.63, 3.8) is 0 Å². The van der Waals surface area contributed by atoms with E-state index in [1.54, 1.807) is 18.2 Å². The summed E-state index contributed by atoms with van der Waals surface area (Å²) in [4.78, 5) is 0. The van der Waals surface area contributed by atoms with Gasteiger partial charge < -0.3 is 14.4 Å². The number of nitriles is 1. The lowest BCUT2D eigenvalue weighted by Crippen LogP contribution is -2.41. The van der Waals surface area contributed by atoms with Gasteiger partial charge in [0.25, 0.3) is 0 Å². The normalized spacial score (nSPS) is 22.0. The average molecular weight is 259 g/mol. The summed E-state index contributed by atoms with van der Waals surface area (Å²) in [5, 5.41) is 18.1. The van der Waals surface area contributed by atoms with Gasteiger partial charge in [0, 0.05) is 0 Å². The third-order valence-electron chi connectivity index (χ3n) is 3.90. The summed E-state index contributed by atoms with van der Waals surface area (Å²) >= 11 is 0. The van der Waals surface area contributed by atoms with Gasteiger partial charge in [0.15, 0.2) is 6.10 Å². The second kappa shape index (κ2) is 4.64. The summed E-state index contributed by atoms with van der Waals surface area (Å²) in [6, 6.07) is 8.86. The van der Waals surface area contributed by atoms with Crippen LogP contribution in [0.3, 0.4) is 0 Å². The van der Waals surface area contributed by atoms with Crippen LogP contribution in [-0.4, -0.2) is 23.4 Å². The number of aliphatic hydroxyl groups excluding tert-OH is 1. The lowest BCUT2D eigenvalue weighted by atomic mass is 9.78. The lowest BCUT2D eigenvalue weighted by molar-refractivity contribution is 0.00578. The van der Waals surface area contributed by atoms with Crippen molar-refractivity contribution in [2.45, 2.75) is 45.0 Å². The highest BCUT2D eigenvalue weighted by Crippen LogP contribution is 2.36. The van der Waals surface area contributed by atoms with Crippen LogP contribution >= 0.6 is 0 Å². The number of rotatable bonds is 2. The summed E-state index contributed by atoms with van der Waals surface area (Å²) in [5.41, 5.74) is 0.709. The van der Waals surface area contributed by atoms with Gasteiger partial charge in [-0.3, -0.25) is 0 Å². The number of nitrogens with zero attached hydrogens (tertiary/aromatic N) is 1. The molecule has 5 heteroatoms. The molecule has 0 spiro atoms. The van der Waals surface area contributed by atoms with Gasteiger partial charge in [-0.2, -0.15) is 5.26 Å². The molecule has 1 atom stereocenters. The maximum atomic E-state index is 9.43. The summed E-state index contributed by atoms with van der Waals surface area (Å²) in [7, 11) is -0.418. The lowest BCUT2D eigenvalue weighted by Gasteiger charge is -2.32. The first-order chi connectivity index (χ1) is 8.77. The van der Waals surface area contributed by atoms with E-state index in [9.17, 15) is 5.11 Å². The first kappa shape index (κ1) is 14.1. The molecular weight excluding hydrogens is 241 g/mol. The summed E-state index contributed by atoms with van der Waals surface area (Å²) in [6.45, 7) is 8.00. The van der Waals surface area contributed by atoms with Gasteiger partial charge in [-0.05, 0) is 38.7 Å². The van der Waals surface area contributed by atoms with Crippen LogP contribution in [0.15, 0.2) is 24.3 Å². The molecule has 1 fully saturated rings. The Hall–Kier alpha value is -1.35. The Kier molecular flexibility index (Phi) is 3.44. The number of hydrogen-bond donors (Lipinski definition) is 1. The van der Waals surface area contributed by atoms with Gasteiger partial charge in [0.1, 0.15) is 0 Å². The highest BCUT2D eigenvalue weighted by atomic mass is 16.7. The highest BCUT2D eigenvalue weighted by molar-refractivity contribution is 6.62. The largest absolute Gasteiger partial charge is 0.494 e. The molecule has 100 valence electrons. The van der Waals surface area contributed by atoms with E-state index >= 15 is 0 Å². The van der Waals surface area contributed by atoms with E-state index in [0.29, 0.717) is 5.56 Å². The van der Waals surface area contributed by atoms with E-state index in [1.807, 2.05) is 39.8 Å². The van der Waals surface area contributed by atoms with Crippen LogP contribution in [0.1, 0.15) is 39.4 Å². The molecule has 0 amide bonds. The molecule has 1 heterocycles. The Morgan fingerprint density at radius 2 is 1.58 bits per heavy atom. The molecular formula is C14H18BNO3.